The second-order valence-electron chi connectivity index (χ2n) is 4.17. The van der Waals surface area contributed by atoms with E-state index in [9.17, 15) is 9.90 Å². The second kappa shape index (κ2) is 6.76. The van der Waals surface area contributed by atoms with E-state index in [4.69, 9.17) is 11.6 Å². The average Bonchev–Trinajstić information content (AvgIpc) is 2.84. The summed E-state index contributed by atoms with van der Waals surface area (Å²) in [7, 11) is 0. The van der Waals surface area contributed by atoms with Crippen molar-refractivity contribution in [2.75, 3.05) is 12.0 Å². The Morgan fingerprint density at radius 1 is 1.40 bits per heavy atom. The monoisotopic (exact) mass is 311 g/mol. The SMILES string of the molecule is CSCCCn1nnc(C(=O)O)c1-c1ccc(Cl)cc1. The van der Waals surface area contributed by atoms with Crippen molar-refractivity contribution in [1.29, 1.82) is 0 Å². The quantitative estimate of drug-likeness (QED) is 0.830. The molecule has 0 aliphatic rings. The topological polar surface area (TPSA) is 68.0 Å². The molecule has 0 amide bonds. The van der Waals surface area contributed by atoms with Crippen LogP contribution in [0.25, 0.3) is 11.3 Å². The first-order valence-corrected chi connectivity index (χ1v) is 7.82. The van der Waals surface area contributed by atoms with Crippen LogP contribution < -0.4 is 0 Å². The Morgan fingerprint density at radius 3 is 2.70 bits per heavy atom. The van der Waals surface area contributed by atoms with E-state index in [2.05, 4.69) is 10.3 Å². The van der Waals surface area contributed by atoms with E-state index in [1.54, 1.807) is 40.7 Å². The molecule has 0 unspecified atom stereocenters. The zero-order chi connectivity index (χ0) is 14.5. The summed E-state index contributed by atoms with van der Waals surface area (Å²) in [6.45, 7) is 0.638. The minimum Gasteiger partial charge on any atom is -0.476 e. The fraction of sp³-hybridized carbons (Fsp3) is 0.308. The summed E-state index contributed by atoms with van der Waals surface area (Å²) >= 11 is 7.60. The van der Waals surface area contributed by atoms with E-state index in [0.717, 1.165) is 17.7 Å². The molecule has 1 aromatic carbocycles. The van der Waals surface area contributed by atoms with Crippen LogP contribution in [0.1, 0.15) is 16.9 Å². The van der Waals surface area contributed by atoms with E-state index in [-0.39, 0.29) is 5.69 Å². The highest BCUT2D eigenvalue weighted by Gasteiger charge is 2.20. The number of rotatable bonds is 6. The fourth-order valence-electron chi connectivity index (χ4n) is 1.87. The summed E-state index contributed by atoms with van der Waals surface area (Å²) in [6, 6.07) is 7.00. The van der Waals surface area contributed by atoms with Gasteiger partial charge in [-0.2, -0.15) is 11.8 Å². The molecule has 0 radical (unpaired) electrons. The lowest BCUT2D eigenvalue weighted by Crippen LogP contribution is -2.05. The Balaban J connectivity index is 2.38. The maximum absolute atomic E-state index is 11.3. The maximum Gasteiger partial charge on any atom is 0.358 e. The number of hydrogen-bond acceptors (Lipinski definition) is 4. The molecule has 2 rings (SSSR count). The summed E-state index contributed by atoms with van der Waals surface area (Å²) in [5, 5.41) is 17.5. The molecule has 1 aromatic heterocycles. The van der Waals surface area contributed by atoms with Crippen LogP contribution in [0.15, 0.2) is 24.3 Å². The van der Waals surface area contributed by atoms with Crippen molar-refractivity contribution in [3.05, 3.63) is 35.0 Å². The van der Waals surface area contributed by atoms with Gasteiger partial charge in [0, 0.05) is 17.1 Å². The smallest absolute Gasteiger partial charge is 0.358 e. The average molecular weight is 312 g/mol. The van der Waals surface area contributed by atoms with Crippen molar-refractivity contribution in [3.8, 4) is 11.3 Å². The van der Waals surface area contributed by atoms with Crippen LogP contribution >= 0.6 is 23.4 Å². The molecule has 0 aliphatic heterocycles. The van der Waals surface area contributed by atoms with Crippen molar-refractivity contribution >= 4 is 29.3 Å². The Hall–Kier alpha value is -1.53. The number of nitrogens with zero attached hydrogens (tertiary/aromatic N) is 3. The number of thioether (sulfide) groups is 1. The van der Waals surface area contributed by atoms with Gasteiger partial charge in [0.2, 0.25) is 0 Å². The molecule has 106 valence electrons. The zero-order valence-corrected chi connectivity index (χ0v) is 12.5. The van der Waals surface area contributed by atoms with Gasteiger partial charge in [-0.15, -0.1) is 5.10 Å². The summed E-state index contributed by atoms with van der Waals surface area (Å²) in [4.78, 5) is 11.3. The van der Waals surface area contributed by atoms with Gasteiger partial charge in [-0.1, -0.05) is 28.9 Å². The summed E-state index contributed by atoms with van der Waals surface area (Å²) in [5.41, 5.74) is 1.24. The number of hydrogen-bond donors (Lipinski definition) is 1. The van der Waals surface area contributed by atoms with Crippen LogP contribution in [0.2, 0.25) is 5.02 Å². The molecule has 7 heteroatoms. The highest BCUT2D eigenvalue weighted by Crippen LogP contribution is 2.24. The Morgan fingerprint density at radius 2 is 2.10 bits per heavy atom. The molecule has 0 saturated carbocycles. The van der Waals surface area contributed by atoms with Gasteiger partial charge in [0.15, 0.2) is 5.69 Å². The normalized spacial score (nSPS) is 10.7. The van der Waals surface area contributed by atoms with Gasteiger partial charge in [0.05, 0.1) is 0 Å². The number of benzene rings is 1. The van der Waals surface area contributed by atoms with Gasteiger partial charge in [-0.3, -0.25) is 0 Å². The van der Waals surface area contributed by atoms with Crippen molar-refractivity contribution in [2.45, 2.75) is 13.0 Å². The third-order valence-electron chi connectivity index (χ3n) is 2.77. The fourth-order valence-corrected chi connectivity index (χ4v) is 2.41. The molecule has 2 aromatic rings. The molecule has 0 saturated heterocycles. The van der Waals surface area contributed by atoms with E-state index in [1.807, 2.05) is 6.26 Å². The number of aromatic nitrogens is 3. The predicted molar refractivity (Wildman–Crippen MR) is 80.4 cm³/mol. The molecule has 1 heterocycles. The third-order valence-corrected chi connectivity index (χ3v) is 3.72. The first kappa shape index (κ1) is 14.9. The molecular weight excluding hydrogens is 298 g/mol. The minimum atomic E-state index is -1.08. The lowest BCUT2D eigenvalue weighted by atomic mass is 10.1. The Labute approximate surface area is 125 Å². The van der Waals surface area contributed by atoms with Crippen molar-refractivity contribution in [2.24, 2.45) is 0 Å². The van der Waals surface area contributed by atoms with Crippen LogP contribution in [0.4, 0.5) is 0 Å². The standard InChI is InChI=1S/C13H14ClN3O2S/c1-20-8-2-7-17-12(11(13(18)19)15-16-17)9-3-5-10(14)6-4-9/h3-6H,2,7-8H2,1H3,(H,18,19). The summed E-state index contributed by atoms with van der Waals surface area (Å²) < 4.78 is 1.64. The molecule has 0 bridgehead atoms. The molecule has 0 fully saturated rings. The third kappa shape index (κ3) is 3.32. The van der Waals surface area contributed by atoms with Gasteiger partial charge in [0.1, 0.15) is 5.69 Å². The summed E-state index contributed by atoms with van der Waals surface area (Å²) in [5.74, 6) is -0.0893. The van der Waals surface area contributed by atoms with Crippen LogP contribution in [0, 0.1) is 0 Å². The van der Waals surface area contributed by atoms with Crippen LogP contribution in [0.5, 0.6) is 0 Å². The maximum atomic E-state index is 11.3. The first-order valence-electron chi connectivity index (χ1n) is 6.05. The summed E-state index contributed by atoms with van der Waals surface area (Å²) in [6.07, 6.45) is 2.94. The van der Waals surface area contributed by atoms with E-state index >= 15 is 0 Å². The number of carboxylic acid groups (broad SMARTS) is 1. The lowest BCUT2D eigenvalue weighted by Gasteiger charge is -2.07. The molecule has 0 atom stereocenters. The molecule has 5 nitrogen and oxygen atoms in total. The van der Waals surface area contributed by atoms with E-state index < -0.39 is 5.97 Å². The van der Waals surface area contributed by atoms with Crippen molar-refractivity contribution in [3.63, 3.8) is 0 Å². The van der Waals surface area contributed by atoms with Crippen molar-refractivity contribution in [1.82, 2.24) is 15.0 Å². The van der Waals surface area contributed by atoms with E-state index in [1.165, 1.54) is 0 Å². The highest BCUT2D eigenvalue weighted by atomic mass is 35.5. The van der Waals surface area contributed by atoms with Gasteiger partial charge in [-0.05, 0) is 30.6 Å². The number of aromatic carboxylic acids is 1. The highest BCUT2D eigenvalue weighted by molar-refractivity contribution is 7.98. The minimum absolute atomic E-state index is 0.0310. The van der Waals surface area contributed by atoms with Gasteiger partial charge < -0.3 is 5.11 Å². The zero-order valence-electron chi connectivity index (χ0n) is 10.9. The number of carboxylic acids is 1. The van der Waals surface area contributed by atoms with Gasteiger partial charge >= 0.3 is 5.97 Å². The second-order valence-corrected chi connectivity index (χ2v) is 5.59. The van der Waals surface area contributed by atoms with Crippen LogP contribution in [0.3, 0.4) is 0 Å². The Kier molecular flexibility index (Phi) is 5.03. The number of halogens is 1. The van der Waals surface area contributed by atoms with E-state index in [0.29, 0.717) is 17.3 Å². The molecular formula is C13H14ClN3O2S. The molecule has 20 heavy (non-hydrogen) atoms. The predicted octanol–water partition coefficient (Wildman–Crippen LogP) is 3.05. The largest absolute Gasteiger partial charge is 0.476 e. The number of carbonyl (C=O) groups is 1. The molecule has 0 aliphatic carbocycles. The molecule has 0 spiro atoms. The van der Waals surface area contributed by atoms with Crippen molar-refractivity contribution < 1.29 is 9.90 Å². The Bertz CT molecular complexity index is 598. The number of aryl methyl sites for hydroxylation is 1. The van der Waals surface area contributed by atoms with Gasteiger partial charge in [0.25, 0.3) is 0 Å². The lowest BCUT2D eigenvalue weighted by molar-refractivity contribution is 0.0691. The van der Waals surface area contributed by atoms with Crippen LogP contribution in [-0.2, 0) is 6.54 Å². The molecule has 1 N–H and O–H groups in total. The van der Waals surface area contributed by atoms with Gasteiger partial charge in [-0.25, -0.2) is 9.48 Å². The first-order chi connectivity index (χ1) is 9.63. The van der Waals surface area contributed by atoms with Crippen LogP contribution in [-0.4, -0.2) is 38.1 Å².